The zero-order valence-electron chi connectivity index (χ0n) is 18.6. The first-order valence-corrected chi connectivity index (χ1v) is 12.3. The number of benzene rings is 1. The van der Waals surface area contributed by atoms with Gasteiger partial charge in [0.1, 0.15) is 29.0 Å². The van der Waals surface area contributed by atoms with E-state index in [9.17, 15) is 15.0 Å². The zero-order chi connectivity index (χ0) is 24.6. The summed E-state index contributed by atoms with van der Waals surface area (Å²) in [7, 11) is 1.86. The van der Waals surface area contributed by atoms with Crippen molar-refractivity contribution in [3.8, 4) is 0 Å². The van der Waals surface area contributed by atoms with E-state index in [0.717, 1.165) is 10.9 Å². The van der Waals surface area contributed by atoms with Gasteiger partial charge in [-0.2, -0.15) is 0 Å². The molecular weight excluding hydrogens is 536 g/mol. The fourth-order valence-electron chi connectivity index (χ4n) is 5.86. The lowest BCUT2D eigenvalue weighted by Crippen LogP contribution is -2.42. The molecule has 1 aromatic carbocycles. The average molecular weight is 558 g/mol. The van der Waals surface area contributed by atoms with Crippen LogP contribution in [0.3, 0.4) is 0 Å². The molecular formula is C24H22BrClN6O3. The largest absolute Gasteiger partial charge is 0.389 e. The molecule has 1 aliphatic heterocycles. The summed E-state index contributed by atoms with van der Waals surface area (Å²) in [4.78, 5) is 28.7. The van der Waals surface area contributed by atoms with Crippen molar-refractivity contribution in [2.45, 2.75) is 30.7 Å². The van der Waals surface area contributed by atoms with Crippen molar-refractivity contribution in [2.24, 2.45) is 5.41 Å². The maximum atomic E-state index is 14.0. The molecule has 2 aliphatic rings. The molecule has 1 spiro atoms. The van der Waals surface area contributed by atoms with Crippen molar-refractivity contribution < 1.29 is 15.0 Å². The van der Waals surface area contributed by atoms with E-state index in [2.05, 4.69) is 30.9 Å². The molecule has 0 amide bonds. The maximum absolute atomic E-state index is 14.0. The van der Waals surface area contributed by atoms with E-state index < -0.39 is 29.7 Å². The molecule has 0 radical (unpaired) electrons. The maximum Gasteiger partial charge on any atom is 0.164 e. The van der Waals surface area contributed by atoms with Crippen LogP contribution in [0.5, 0.6) is 0 Å². The van der Waals surface area contributed by atoms with E-state index in [0.29, 0.717) is 38.5 Å². The fourth-order valence-corrected chi connectivity index (χ4v) is 6.39. The third kappa shape index (κ3) is 3.24. The molecule has 5 atom stereocenters. The Labute approximate surface area is 213 Å². The number of likely N-dealkylation sites (N-methyl/N-ethyl adjacent to an activating group) is 1. The lowest BCUT2D eigenvalue weighted by molar-refractivity contribution is -0.133. The number of nitrogen functional groups attached to an aromatic ring is 1. The average Bonchev–Trinajstić information content (AvgIpc) is 3.44. The molecule has 6 rings (SSSR count). The summed E-state index contributed by atoms with van der Waals surface area (Å²) < 4.78 is 2.50. The number of aliphatic hydroxyl groups is 2. The molecule has 1 aliphatic carbocycles. The molecule has 180 valence electrons. The predicted octanol–water partition coefficient (Wildman–Crippen LogP) is 2.89. The topological polar surface area (TPSA) is 130 Å². The molecule has 1 saturated heterocycles. The van der Waals surface area contributed by atoms with Gasteiger partial charge < -0.3 is 20.5 Å². The van der Waals surface area contributed by atoms with Crippen molar-refractivity contribution in [1.82, 2.24) is 24.4 Å². The highest BCUT2D eigenvalue weighted by Gasteiger charge is 2.63. The number of likely N-dealkylation sites (tertiary alicyclic amines) is 1. The quantitative estimate of drug-likeness (QED) is 0.321. The van der Waals surface area contributed by atoms with E-state index in [4.69, 9.17) is 17.3 Å². The van der Waals surface area contributed by atoms with Gasteiger partial charge in [0.2, 0.25) is 0 Å². The molecule has 9 nitrogen and oxygen atoms in total. The third-order valence-corrected chi connectivity index (χ3v) is 8.46. The highest BCUT2D eigenvalue weighted by Crippen LogP contribution is 2.53. The number of rotatable bonds is 2. The van der Waals surface area contributed by atoms with Crippen LogP contribution < -0.4 is 5.73 Å². The van der Waals surface area contributed by atoms with Crippen molar-refractivity contribution in [1.29, 1.82) is 0 Å². The number of anilines is 1. The zero-order valence-corrected chi connectivity index (χ0v) is 21.0. The number of hydrogen-bond donors (Lipinski definition) is 3. The number of carbonyl (C=O) groups excluding carboxylic acids is 1. The van der Waals surface area contributed by atoms with Crippen LogP contribution in [0, 0.1) is 5.41 Å². The van der Waals surface area contributed by atoms with Crippen LogP contribution in [0.15, 0.2) is 47.3 Å². The van der Waals surface area contributed by atoms with E-state index in [1.165, 1.54) is 6.33 Å². The van der Waals surface area contributed by atoms with Crippen molar-refractivity contribution in [3.63, 3.8) is 0 Å². The van der Waals surface area contributed by atoms with E-state index >= 15 is 0 Å². The number of fused-ring (bicyclic) bond motifs is 2. The van der Waals surface area contributed by atoms with Gasteiger partial charge in [0.05, 0.1) is 39.0 Å². The van der Waals surface area contributed by atoms with Crippen LogP contribution in [-0.2, 0) is 4.79 Å². The fraction of sp³-hybridized carbons (Fsp3) is 0.333. The smallest absolute Gasteiger partial charge is 0.164 e. The highest BCUT2D eigenvalue weighted by molar-refractivity contribution is 9.10. The number of halogens is 2. The predicted molar refractivity (Wildman–Crippen MR) is 135 cm³/mol. The van der Waals surface area contributed by atoms with Gasteiger partial charge in [0.15, 0.2) is 5.78 Å². The summed E-state index contributed by atoms with van der Waals surface area (Å²) in [5.41, 5.74) is 6.85. The van der Waals surface area contributed by atoms with Gasteiger partial charge in [-0.25, -0.2) is 15.0 Å². The number of ketones is 1. The number of nitrogens with two attached hydrogens (primary N) is 1. The minimum Gasteiger partial charge on any atom is -0.389 e. The minimum absolute atomic E-state index is 0.123. The molecule has 4 aromatic rings. The number of Topliss-reactive ketones (excluding diaryl/α,β-unsaturated/α-hetero) is 1. The van der Waals surface area contributed by atoms with Crippen LogP contribution in [0.4, 0.5) is 5.82 Å². The Hall–Kier alpha value is -2.63. The molecule has 3 aromatic heterocycles. The van der Waals surface area contributed by atoms with Gasteiger partial charge in [-0.05, 0) is 53.2 Å². The first-order chi connectivity index (χ1) is 16.7. The lowest BCUT2D eigenvalue weighted by atomic mass is 9.79. The summed E-state index contributed by atoms with van der Waals surface area (Å²) in [5.74, 6) is 0.250. The summed E-state index contributed by atoms with van der Waals surface area (Å²) >= 11 is 9.59. The molecule has 4 heterocycles. The summed E-state index contributed by atoms with van der Waals surface area (Å²) in [6.07, 6.45) is 1.02. The standard InChI is InChI=1S/C24H22BrClN6O3/c1-31-9-24(19(34)17(31)12-3-2-11-6-14(25)22(27)30-15(11)7-12)8-16(18(33)20(24)35)32-5-4-13-21(26)28-10-29-23(13)32/h2-7,10,16-18,20,33,35H,8-9H2,1H3,(H2,27,30). The second kappa shape index (κ2) is 7.94. The summed E-state index contributed by atoms with van der Waals surface area (Å²) in [5, 5.41) is 24.2. The molecule has 5 unspecified atom stereocenters. The number of hydrogen-bond acceptors (Lipinski definition) is 8. The first kappa shape index (κ1) is 22.8. The van der Waals surface area contributed by atoms with Crippen LogP contribution in [0.1, 0.15) is 24.1 Å². The molecule has 11 heteroatoms. The second-order valence-corrected chi connectivity index (χ2v) is 10.7. The van der Waals surface area contributed by atoms with E-state index in [1.807, 2.05) is 36.2 Å². The number of nitrogens with zero attached hydrogens (tertiary/aromatic N) is 5. The van der Waals surface area contributed by atoms with Crippen LogP contribution in [-0.4, -0.2) is 66.2 Å². The summed E-state index contributed by atoms with van der Waals surface area (Å²) in [6, 6.07) is 8.22. The first-order valence-electron chi connectivity index (χ1n) is 11.1. The van der Waals surface area contributed by atoms with Crippen molar-refractivity contribution >= 4 is 61.1 Å². The molecule has 1 saturated carbocycles. The van der Waals surface area contributed by atoms with Crippen molar-refractivity contribution in [3.05, 3.63) is 58.0 Å². The van der Waals surface area contributed by atoms with Gasteiger partial charge in [-0.3, -0.25) is 9.69 Å². The van der Waals surface area contributed by atoms with Crippen LogP contribution >= 0.6 is 27.5 Å². The summed E-state index contributed by atoms with van der Waals surface area (Å²) in [6.45, 7) is 0.314. The van der Waals surface area contributed by atoms with Gasteiger partial charge in [0, 0.05) is 18.1 Å². The Morgan fingerprint density at radius 3 is 2.83 bits per heavy atom. The van der Waals surface area contributed by atoms with E-state index in [-0.39, 0.29) is 12.2 Å². The minimum atomic E-state index is -1.23. The SMILES string of the molecule is CN1CC2(CC(n3ccc4c(Cl)ncnc43)C(O)C2O)C(=O)C1c1ccc2cc(Br)c(N)nc2c1. The lowest BCUT2D eigenvalue weighted by Gasteiger charge is -2.25. The molecule has 35 heavy (non-hydrogen) atoms. The van der Waals surface area contributed by atoms with Gasteiger partial charge in [-0.1, -0.05) is 23.7 Å². The van der Waals surface area contributed by atoms with Gasteiger partial charge in [0.25, 0.3) is 0 Å². The Kier molecular flexibility index (Phi) is 5.17. The Morgan fingerprint density at radius 1 is 1.23 bits per heavy atom. The number of aliphatic hydroxyl groups excluding tert-OH is 2. The van der Waals surface area contributed by atoms with Crippen LogP contribution in [0.2, 0.25) is 5.15 Å². The normalized spacial score (nSPS) is 29.2. The van der Waals surface area contributed by atoms with E-state index in [1.54, 1.807) is 16.8 Å². The molecule has 0 bridgehead atoms. The Morgan fingerprint density at radius 2 is 2.03 bits per heavy atom. The van der Waals surface area contributed by atoms with Gasteiger partial charge in [-0.15, -0.1) is 0 Å². The monoisotopic (exact) mass is 556 g/mol. The molecule has 2 fully saturated rings. The number of aromatic nitrogens is 4. The van der Waals surface area contributed by atoms with Crippen LogP contribution in [0.25, 0.3) is 21.9 Å². The second-order valence-electron chi connectivity index (χ2n) is 9.48. The number of carbonyl (C=O) groups is 1. The highest BCUT2D eigenvalue weighted by atomic mass is 79.9. The number of pyridine rings is 1. The van der Waals surface area contributed by atoms with Gasteiger partial charge >= 0.3 is 0 Å². The third-order valence-electron chi connectivity index (χ3n) is 7.52. The van der Waals surface area contributed by atoms with Crippen molar-refractivity contribution in [2.75, 3.05) is 19.3 Å². The Bertz CT molecular complexity index is 1510. The molecule has 4 N–H and O–H groups in total. The Balaban J connectivity index is 1.38.